The summed E-state index contributed by atoms with van der Waals surface area (Å²) in [6.45, 7) is 0.00796. The summed E-state index contributed by atoms with van der Waals surface area (Å²) in [5, 5.41) is 0. The summed E-state index contributed by atoms with van der Waals surface area (Å²) < 4.78 is 30.1. The second-order valence-electron chi connectivity index (χ2n) is 2.67. The van der Waals surface area contributed by atoms with Crippen LogP contribution in [0.25, 0.3) is 0 Å². The lowest BCUT2D eigenvalue weighted by atomic mass is 10.2. The number of hydrazine groups is 1. The molecule has 1 aromatic rings. The van der Waals surface area contributed by atoms with Crippen molar-refractivity contribution in [1.82, 2.24) is 5.59 Å². The van der Waals surface area contributed by atoms with Crippen molar-refractivity contribution < 1.29 is 16.9 Å². The molecule has 0 heterocycles. The maximum atomic E-state index is 10.8. The van der Waals surface area contributed by atoms with Crippen molar-refractivity contribution >= 4 is 10.4 Å². The van der Waals surface area contributed by atoms with Crippen LogP contribution in [-0.2, 0) is 25.3 Å². The van der Waals surface area contributed by atoms with Crippen molar-refractivity contribution in [3.05, 3.63) is 35.9 Å². The van der Waals surface area contributed by atoms with E-state index in [2.05, 4.69) is 14.3 Å². The third-order valence-electron chi connectivity index (χ3n) is 1.61. The molecule has 0 aliphatic rings. The van der Waals surface area contributed by atoms with Gasteiger partial charge in [-0.1, -0.05) is 30.3 Å². The Balaban J connectivity index is 2.34. The first-order chi connectivity index (χ1) is 7.14. The van der Waals surface area contributed by atoms with Crippen LogP contribution in [0.15, 0.2) is 30.3 Å². The Hall–Kier alpha value is -0.990. The third-order valence-corrected chi connectivity index (χ3v) is 2.37. The highest BCUT2D eigenvalue weighted by Gasteiger charge is 2.10. The molecule has 0 saturated carbocycles. The number of rotatable bonds is 6. The molecule has 0 spiro atoms. The van der Waals surface area contributed by atoms with Gasteiger partial charge in [-0.05, 0) is 12.0 Å². The molecule has 3 N–H and O–H groups in total. The van der Waals surface area contributed by atoms with Gasteiger partial charge < -0.3 is 0 Å². The van der Waals surface area contributed by atoms with E-state index in [1.54, 1.807) is 5.59 Å². The number of hydrogen-bond acceptors (Lipinski definition) is 6. The SMILES string of the molecule is NNOS(=O)(=O)OCCc1ccccc1. The van der Waals surface area contributed by atoms with Crippen molar-refractivity contribution in [2.45, 2.75) is 6.42 Å². The van der Waals surface area contributed by atoms with Crippen LogP contribution in [0.4, 0.5) is 0 Å². The molecule has 6 nitrogen and oxygen atoms in total. The van der Waals surface area contributed by atoms with Crippen LogP contribution in [0, 0.1) is 0 Å². The van der Waals surface area contributed by atoms with Crippen LogP contribution in [0.3, 0.4) is 0 Å². The zero-order valence-electron chi connectivity index (χ0n) is 7.92. The monoisotopic (exact) mass is 232 g/mol. The normalized spacial score (nSPS) is 11.5. The summed E-state index contributed by atoms with van der Waals surface area (Å²) in [6.07, 6.45) is 0.480. The number of benzene rings is 1. The van der Waals surface area contributed by atoms with Crippen LogP contribution < -0.4 is 11.4 Å². The minimum Gasteiger partial charge on any atom is -0.247 e. The molecule has 0 unspecified atom stereocenters. The lowest BCUT2D eigenvalue weighted by Gasteiger charge is -2.03. The second-order valence-corrected chi connectivity index (χ2v) is 3.89. The molecule has 0 atom stereocenters. The Morgan fingerprint density at radius 3 is 2.53 bits per heavy atom. The summed E-state index contributed by atoms with van der Waals surface area (Å²) in [5.74, 6) is 4.67. The van der Waals surface area contributed by atoms with Gasteiger partial charge in [-0.3, -0.25) is 0 Å². The van der Waals surface area contributed by atoms with Crippen molar-refractivity contribution in [2.24, 2.45) is 5.84 Å². The van der Waals surface area contributed by atoms with Gasteiger partial charge in [0.2, 0.25) is 0 Å². The number of nitrogens with one attached hydrogen (secondary N) is 1. The lowest BCUT2D eigenvalue weighted by Crippen LogP contribution is -2.27. The van der Waals surface area contributed by atoms with Crippen LogP contribution in [0.5, 0.6) is 0 Å². The molecular weight excluding hydrogens is 220 g/mol. The highest BCUT2D eigenvalue weighted by atomic mass is 32.3. The van der Waals surface area contributed by atoms with Gasteiger partial charge in [0.15, 0.2) is 0 Å². The molecule has 0 radical (unpaired) electrons. The van der Waals surface area contributed by atoms with Gasteiger partial charge in [0.05, 0.1) is 6.61 Å². The highest BCUT2D eigenvalue weighted by molar-refractivity contribution is 7.81. The van der Waals surface area contributed by atoms with Crippen LogP contribution in [0.1, 0.15) is 5.56 Å². The summed E-state index contributed by atoms with van der Waals surface area (Å²) in [7, 11) is -4.04. The predicted octanol–water partition coefficient (Wildman–Crippen LogP) is -0.115. The zero-order chi connectivity index (χ0) is 11.1. The van der Waals surface area contributed by atoms with Crippen LogP contribution in [0.2, 0.25) is 0 Å². The predicted molar refractivity (Wildman–Crippen MR) is 53.4 cm³/mol. The summed E-state index contributed by atoms with van der Waals surface area (Å²) >= 11 is 0. The highest BCUT2D eigenvalue weighted by Crippen LogP contribution is 2.01. The standard InChI is InChI=1S/C8H12N2O4S/c9-10-14-15(11,12)13-7-6-8-4-2-1-3-5-8/h1-5,10H,6-7,9H2. The van der Waals surface area contributed by atoms with E-state index in [1.165, 1.54) is 0 Å². The second kappa shape index (κ2) is 5.79. The topological polar surface area (TPSA) is 90.6 Å². The minimum atomic E-state index is -4.04. The average Bonchev–Trinajstić information content (AvgIpc) is 2.19. The Labute approximate surface area is 88.2 Å². The molecule has 0 amide bonds. The maximum absolute atomic E-state index is 10.8. The van der Waals surface area contributed by atoms with Gasteiger partial charge in [-0.2, -0.15) is 8.42 Å². The first-order valence-corrected chi connectivity index (χ1v) is 5.55. The van der Waals surface area contributed by atoms with E-state index in [-0.39, 0.29) is 6.61 Å². The van der Waals surface area contributed by atoms with Crippen LogP contribution >= 0.6 is 0 Å². The fraction of sp³-hybridized carbons (Fsp3) is 0.250. The number of hydrogen-bond donors (Lipinski definition) is 2. The first kappa shape index (κ1) is 12.1. The van der Waals surface area contributed by atoms with Crippen molar-refractivity contribution in [3.8, 4) is 0 Å². The fourth-order valence-electron chi connectivity index (χ4n) is 0.989. The largest absolute Gasteiger partial charge is 0.417 e. The van der Waals surface area contributed by atoms with Gasteiger partial charge in [0.25, 0.3) is 0 Å². The molecule has 0 saturated heterocycles. The molecule has 0 aromatic heterocycles. The number of nitrogens with two attached hydrogens (primary N) is 1. The van der Waals surface area contributed by atoms with Crippen molar-refractivity contribution in [3.63, 3.8) is 0 Å². The van der Waals surface area contributed by atoms with Crippen molar-refractivity contribution in [1.29, 1.82) is 0 Å². The van der Waals surface area contributed by atoms with E-state index >= 15 is 0 Å². The van der Waals surface area contributed by atoms with E-state index in [9.17, 15) is 8.42 Å². The molecule has 1 aromatic carbocycles. The van der Waals surface area contributed by atoms with Gasteiger partial charge >= 0.3 is 10.4 Å². The van der Waals surface area contributed by atoms with Gasteiger partial charge in [-0.15, -0.1) is 9.87 Å². The minimum absolute atomic E-state index is 0.00796. The Kier molecular flexibility index (Phi) is 4.66. The lowest BCUT2D eigenvalue weighted by molar-refractivity contribution is 0.151. The van der Waals surface area contributed by atoms with Gasteiger partial charge in [0.1, 0.15) is 0 Å². The van der Waals surface area contributed by atoms with Crippen molar-refractivity contribution in [2.75, 3.05) is 6.61 Å². The van der Waals surface area contributed by atoms with E-state index in [4.69, 9.17) is 0 Å². The summed E-state index contributed by atoms with van der Waals surface area (Å²) in [5.41, 5.74) is 2.52. The molecule has 0 fully saturated rings. The Morgan fingerprint density at radius 1 is 1.27 bits per heavy atom. The van der Waals surface area contributed by atoms with E-state index in [1.807, 2.05) is 30.3 Å². The van der Waals surface area contributed by atoms with E-state index in [0.29, 0.717) is 6.42 Å². The van der Waals surface area contributed by atoms with E-state index in [0.717, 1.165) is 5.56 Å². The first-order valence-electron chi connectivity index (χ1n) is 4.21. The summed E-state index contributed by atoms with van der Waals surface area (Å²) in [6, 6.07) is 9.35. The van der Waals surface area contributed by atoms with Gasteiger partial charge in [-0.25, -0.2) is 10.0 Å². The zero-order valence-corrected chi connectivity index (χ0v) is 8.74. The summed E-state index contributed by atoms with van der Waals surface area (Å²) in [4.78, 5) is 0. The molecule has 0 bridgehead atoms. The Bertz CT molecular complexity index is 379. The molecule has 0 aliphatic carbocycles. The van der Waals surface area contributed by atoms with E-state index < -0.39 is 10.4 Å². The maximum Gasteiger partial charge on any atom is 0.417 e. The molecule has 84 valence electrons. The molecule has 1 rings (SSSR count). The quantitative estimate of drug-likeness (QED) is 0.525. The third kappa shape index (κ3) is 4.86. The van der Waals surface area contributed by atoms with Crippen LogP contribution in [-0.4, -0.2) is 15.0 Å². The smallest absolute Gasteiger partial charge is 0.247 e. The molecule has 7 heteroatoms. The Morgan fingerprint density at radius 2 is 1.93 bits per heavy atom. The van der Waals surface area contributed by atoms with Gasteiger partial charge in [0, 0.05) is 0 Å². The average molecular weight is 232 g/mol. The molecule has 15 heavy (non-hydrogen) atoms. The molecular formula is C8H12N2O4S. The molecule has 0 aliphatic heterocycles. The fourth-order valence-corrected chi connectivity index (χ4v) is 1.44.